The Morgan fingerprint density at radius 3 is 1.92 bits per heavy atom. The van der Waals surface area contributed by atoms with Gasteiger partial charge >= 0.3 is 0 Å². The molecule has 4 rings (SSSR count). The number of nitrogens with zero attached hydrogens (tertiary/aromatic N) is 1. The number of hydrogen-bond acceptors (Lipinski definition) is 3. The zero-order valence-corrected chi connectivity index (χ0v) is 15.3. The lowest BCUT2D eigenvalue weighted by Gasteiger charge is -2.19. The van der Waals surface area contributed by atoms with Gasteiger partial charge in [0.1, 0.15) is 12.6 Å². The molecule has 0 N–H and O–H groups in total. The highest BCUT2D eigenvalue weighted by molar-refractivity contribution is 7.68. The third-order valence-electron chi connectivity index (χ3n) is 4.11. The van der Waals surface area contributed by atoms with Crippen molar-refractivity contribution in [2.45, 2.75) is 6.04 Å². The van der Waals surface area contributed by atoms with Gasteiger partial charge in [-0.2, -0.15) is 0 Å². The van der Waals surface area contributed by atoms with Crippen molar-refractivity contribution in [1.82, 2.24) is 0 Å². The molecule has 1 aliphatic rings. The molecule has 0 saturated carbocycles. The van der Waals surface area contributed by atoms with Gasteiger partial charge in [-0.05, 0) is 12.1 Å². The SMILES string of the molecule is c1ccc(C2=N[C@H](COP(c3ccccc3)c3ccccc3)CO2)cc1. The van der Waals surface area contributed by atoms with Crippen molar-refractivity contribution in [3.05, 3.63) is 96.6 Å². The summed E-state index contributed by atoms with van der Waals surface area (Å²) < 4.78 is 12.1. The minimum absolute atomic E-state index is 0.0302. The molecule has 0 bridgehead atoms. The average Bonchev–Trinajstić information content (AvgIpc) is 3.20. The minimum atomic E-state index is -0.860. The maximum Gasteiger partial charge on any atom is 0.216 e. The number of aliphatic imine (C=N–C) groups is 1. The molecule has 1 aliphatic heterocycles. The fourth-order valence-corrected chi connectivity index (χ4v) is 4.63. The van der Waals surface area contributed by atoms with E-state index in [4.69, 9.17) is 14.3 Å². The quantitative estimate of drug-likeness (QED) is 0.624. The van der Waals surface area contributed by atoms with E-state index in [1.807, 2.05) is 42.5 Å². The number of hydrogen-bond donors (Lipinski definition) is 0. The van der Waals surface area contributed by atoms with E-state index in [-0.39, 0.29) is 6.04 Å². The molecule has 0 saturated heterocycles. The molecule has 3 nitrogen and oxygen atoms in total. The van der Waals surface area contributed by atoms with Gasteiger partial charge in [0.2, 0.25) is 5.90 Å². The summed E-state index contributed by atoms with van der Waals surface area (Å²) in [5.41, 5.74) is 1.02. The Kier molecular flexibility index (Phi) is 5.39. The summed E-state index contributed by atoms with van der Waals surface area (Å²) in [6.07, 6.45) is 0. The molecule has 0 unspecified atom stereocenters. The van der Waals surface area contributed by atoms with E-state index in [0.717, 1.165) is 5.56 Å². The van der Waals surface area contributed by atoms with Gasteiger partial charge in [0.15, 0.2) is 0 Å². The molecule has 0 aliphatic carbocycles. The maximum atomic E-state index is 6.36. The van der Waals surface area contributed by atoms with Crippen LogP contribution < -0.4 is 10.6 Å². The summed E-state index contributed by atoms with van der Waals surface area (Å²) in [5, 5.41) is 2.42. The van der Waals surface area contributed by atoms with Crippen molar-refractivity contribution in [3.8, 4) is 0 Å². The van der Waals surface area contributed by atoms with Gasteiger partial charge in [0, 0.05) is 16.2 Å². The molecule has 1 heterocycles. The lowest BCUT2D eigenvalue weighted by molar-refractivity contribution is 0.260. The Bertz CT molecular complexity index is 814. The predicted octanol–water partition coefficient (Wildman–Crippen LogP) is 3.90. The molecule has 130 valence electrons. The van der Waals surface area contributed by atoms with Crippen LogP contribution in [0.5, 0.6) is 0 Å². The molecule has 26 heavy (non-hydrogen) atoms. The Hall–Kier alpha value is -2.48. The molecule has 0 spiro atoms. The third-order valence-corrected chi connectivity index (χ3v) is 6.05. The minimum Gasteiger partial charge on any atom is -0.475 e. The molecule has 0 radical (unpaired) electrons. The molecule has 3 aromatic carbocycles. The summed E-state index contributed by atoms with van der Waals surface area (Å²) in [5.74, 6) is 0.711. The van der Waals surface area contributed by atoms with Crippen molar-refractivity contribution in [2.75, 3.05) is 13.2 Å². The van der Waals surface area contributed by atoms with Crippen LogP contribution in [0.4, 0.5) is 0 Å². The van der Waals surface area contributed by atoms with Crippen LogP contribution >= 0.6 is 8.15 Å². The highest BCUT2D eigenvalue weighted by atomic mass is 31.1. The van der Waals surface area contributed by atoms with Crippen molar-refractivity contribution in [3.63, 3.8) is 0 Å². The molecule has 1 atom stereocenters. The number of benzene rings is 3. The van der Waals surface area contributed by atoms with Gasteiger partial charge in [0.25, 0.3) is 0 Å². The van der Waals surface area contributed by atoms with Crippen molar-refractivity contribution >= 4 is 24.7 Å². The first kappa shape index (κ1) is 17.0. The van der Waals surface area contributed by atoms with E-state index in [0.29, 0.717) is 19.1 Å². The van der Waals surface area contributed by atoms with Crippen molar-refractivity contribution in [2.24, 2.45) is 4.99 Å². The molecule has 4 heteroatoms. The number of ether oxygens (including phenoxy) is 1. The summed E-state index contributed by atoms with van der Waals surface area (Å²) in [4.78, 5) is 4.70. The zero-order chi connectivity index (χ0) is 17.6. The van der Waals surface area contributed by atoms with E-state index < -0.39 is 8.15 Å². The molecular formula is C22H20NO2P. The fourth-order valence-electron chi connectivity index (χ4n) is 2.82. The Morgan fingerprint density at radius 2 is 1.35 bits per heavy atom. The third kappa shape index (κ3) is 4.01. The highest BCUT2D eigenvalue weighted by Crippen LogP contribution is 2.35. The average molecular weight is 361 g/mol. The first-order chi connectivity index (χ1) is 12.9. The first-order valence-electron chi connectivity index (χ1n) is 8.69. The standard InChI is InChI=1S/C22H20NO2P/c1-4-10-18(11-5-1)22-23-19(16-24-22)17-25-26(20-12-6-2-7-13-20)21-14-8-3-9-15-21/h1-15,19H,16-17H2/t19-/m0/s1. The summed E-state index contributed by atoms with van der Waals surface area (Å²) in [7, 11) is -0.860. The second-order valence-corrected chi connectivity index (χ2v) is 7.91. The number of rotatable bonds is 6. The zero-order valence-electron chi connectivity index (χ0n) is 14.4. The van der Waals surface area contributed by atoms with Crippen molar-refractivity contribution in [1.29, 1.82) is 0 Å². The lowest BCUT2D eigenvalue weighted by Crippen LogP contribution is -2.19. The molecule has 0 fully saturated rings. The van der Waals surface area contributed by atoms with E-state index >= 15 is 0 Å². The van der Waals surface area contributed by atoms with Crippen LogP contribution in [0.25, 0.3) is 0 Å². The van der Waals surface area contributed by atoms with Gasteiger partial charge in [-0.25, -0.2) is 4.99 Å². The van der Waals surface area contributed by atoms with Crippen LogP contribution in [-0.2, 0) is 9.26 Å². The van der Waals surface area contributed by atoms with Crippen LogP contribution in [0.3, 0.4) is 0 Å². The summed E-state index contributed by atoms with van der Waals surface area (Å²) in [6, 6.07) is 30.8. The smallest absolute Gasteiger partial charge is 0.216 e. The van der Waals surface area contributed by atoms with E-state index in [9.17, 15) is 0 Å². The van der Waals surface area contributed by atoms with Gasteiger partial charge < -0.3 is 9.26 Å². The Morgan fingerprint density at radius 1 is 0.808 bits per heavy atom. The molecule has 0 aromatic heterocycles. The topological polar surface area (TPSA) is 30.8 Å². The molecule has 3 aromatic rings. The Balaban J connectivity index is 1.48. The van der Waals surface area contributed by atoms with E-state index in [1.54, 1.807) is 0 Å². The fraction of sp³-hybridized carbons (Fsp3) is 0.136. The predicted molar refractivity (Wildman–Crippen MR) is 108 cm³/mol. The van der Waals surface area contributed by atoms with Crippen LogP contribution in [0.1, 0.15) is 5.56 Å². The summed E-state index contributed by atoms with van der Waals surface area (Å²) >= 11 is 0. The highest BCUT2D eigenvalue weighted by Gasteiger charge is 2.23. The van der Waals surface area contributed by atoms with Gasteiger partial charge in [-0.3, -0.25) is 0 Å². The normalized spacial score (nSPS) is 16.3. The lowest BCUT2D eigenvalue weighted by atomic mass is 10.2. The van der Waals surface area contributed by atoms with Crippen LogP contribution in [0.2, 0.25) is 0 Å². The van der Waals surface area contributed by atoms with Gasteiger partial charge in [0.05, 0.1) is 14.8 Å². The second-order valence-electron chi connectivity index (χ2n) is 6.03. The Labute approximate surface area is 155 Å². The second kappa shape index (κ2) is 8.27. The molecular weight excluding hydrogens is 341 g/mol. The van der Waals surface area contributed by atoms with Crippen LogP contribution in [0.15, 0.2) is 96.0 Å². The molecule has 0 amide bonds. The summed E-state index contributed by atoms with van der Waals surface area (Å²) in [6.45, 7) is 1.11. The van der Waals surface area contributed by atoms with Gasteiger partial charge in [-0.15, -0.1) is 0 Å². The van der Waals surface area contributed by atoms with E-state index in [2.05, 4.69) is 48.5 Å². The first-order valence-corrected chi connectivity index (χ1v) is 9.95. The maximum absolute atomic E-state index is 6.36. The van der Waals surface area contributed by atoms with Crippen molar-refractivity contribution < 1.29 is 9.26 Å². The van der Waals surface area contributed by atoms with Gasteiger partial charge in [-0.1, -0.05) is 78.9 Å². The largest absolute Gasteiger partial charge is 0.475 e. The monoisotopic (exact) mass is 361 g/mol. The van der Waals surface area contributed by atoms with Crippen LogP contribution in [0, 0.1) is 0 Å². The van der Waals surface area contributed by atoms with Crippen LogP contribution in [-0.4, -0.2) is 25.2 Å². The van der Waals surface area contributed by atoms with E-state index in [1.165, 1.54) is 10.6 Å².